The average molecular weight is 408 g/mol. The van der Waals surface area contributed by atoms with Crippen LogP contribution in [0.1, 0.15) is 24.8 Å². The fourth-order valence-electron chi connectivity index (χ4n) is 3.30. The zero-order chi connectivity index (χ0) is 20.5. The molecule has 2 unspecified atom stereocenters. The summed E-state index contributed by atoms with van der Waals surface area (Å²) in [4.78, 5) is 38.2. The van der Waals surface area contributed by atoms with Gasteiger partial charge in [0.1, 0.15) is 6.04 Å². The highest BCUT2D eigenvalue weighted by molar-refractivity contribution is 7.98. The first-order valence-corrected chi connectivity index (χ1v) is 10.9. The third kappa shape index (κ3) is 6.53. The first-order chi connectivity index (χ1) is 13.4. The lowest BCUT2D eigenvalue weighted by atomic mass is 9.94. The maximum Gasteiger partial charge on any atom is 0.326 e. The number of likely N-dealkylation sites (tertiary alicyclic amines) is 1. The molecule has 1 aliphatic heterocycles. The van der Waals surface area contributed by atoms with Gasteiger partial charge in [0.05, 0.1) is 6.04 Å². The van der Waals surface area contributed by atoms with E-state index in [9.17, 15) is 19.5 Å². The lowest BCUT2D eigenvalue weighted by Gasteiger charge is -2.33. The first-order valence-electron chi connectivity index (χ1n) is 9.52. The number of nitrogens with one attached hydrogen (secondary N) is 1. The summed E-state index contributed by atoms with van der Waals surface area (Å²) in [7, 11) is 0. The van der Waals surface area contributed by atoms with E-state index in [0.29, 0.717) is 32.4 Å². The number of carboxylic acids is 1. The molecule has 2 atom stereocenters. The lowest BCUT2D eigenvalue weighted by Crippen LogP contribution is -2.51. The Balaban J connectivity index is 1.84. The lowest BCUT2D eigenvalue weighted by molar-refractivity contribution is -0.143. The van der Waals surface area contributed by atoms with Crippen LogP contribution in [0.3, 0.4) is 0 Å². The van der Waals surface area contributed by atoms with Crippen LogP contribution in [0.5, 0.6) is 0 Å². The molecule has 0 bridgehead atoms. The van der Waals surface area contributed by atoms with Crippen molar-refractivity contribution in [2.45, 2.75) is 37.8 Å². The number of hydrogen-bond acceptors (Lipinski definition) is 5. The van der Waals surface area contributed by atoms with Gasteiger partial charge in [-0.3, -0.25) is 9.59 Å². The van der Waals surface area contributed by atoms with Gasteiger partial charge in [0.25, 0.3) is 0 Å². The summed E-state index contributed by atoms with van der Waals surface area (Å²) < 4.78 is 0. The summed E-state index contributed by atoms with van der Waals surface area (Å²) in [6.45, 7) is 0.945. The van der Waals surface area contributed by atoms with Crippen LogP contribution in [0.15, 0.2) is 30.3 Å². The van der Waals surface area contributed by atoms with E-state index in [-0.39, 0.29) is 24.2 Å². The highest BCUT2D eigenvalue weighted by Gasteiger charge is 2.31. The number of nitrogens with zero attached hydrogens (tertiary/aromatic N) is 1. The van der Waals surface area contributed by atoms with Crippen molar-refractivity contribution in [1.82, 2.24) is 10.2 Å². The van der Waals surface area contributed by atoms with E-state index in [1.54, 1.807) is 16.7 Å². The summed E-state index contributed by atoms with van der Waals surface area (Å²) in [5.74, 6) is -0.833. The number of hydrogen-bond donors (Lipinski definition) is 3. The van der Waals surface area contributed by atoms with E-state index in [1.807, 2.05) is 36.6 Å². The van der Waals surface area contributed by atoms with Gasteiger partial charge in [-0.15, -0.1) is 0 Å². The number of aliphatic carboxylic acids is 1. The van der Waals surface area contributed by atoms with Gasteiger partial charge in [0, 0.05) is 25.4 Å². The topological polar surface area (TPSA) is 113 Å². The zero-order valence-electron chi connectivity index (χ0n) is 16.2. The Morgan fingerprint density at radius 1 is 1.25 bits per heavy atom. The number of carboxylic acid groups (broad SMARTS) is 1. The van der Waals surface area contributed by atoms with Crippen molar-refractivity contribution < 1.29 is 19.5 Å². The van der Waals surface area contributed by atoms with Crippen molar-refractivity contribution in [3.63, 3.8) is 0 Å². The van der Waals surface area contributed by atoms with E-state index in [1.165, 1.54) is 0 Å². The highest BCUT2D eigenvalue weighted by Crippen LogP contribution is 2.19. The molecule has 1 saturated heterocycles. The van der Waals surface area contributed by atoms with Crippen LogP contribution in [0.4, 0.5) is 0 Å². The largest absolute Gasteiger partial charge is 0.480 e. The predicted molar refractivity (Wildman–Crippen MR) is 110 cm³/mol. The number of nitrogens with two attached hydrogens (primary N) is 1. The van der Waals surface area contributed by atoms with Gasteiger partial charge in [-0.25, -0.2) is 4.79 Å². The third-order valence-electron chi connectivity index (χ3n) is 5.02. The van der Waals surface area contributed by atoms with Gasteiger partial charge in [0.2, 0.25) is 11.8 Å². The number of thioether (sulfide) groups is 1. The number of carbonyl (C=O) groups is 3. The summed E-state index contributed by atoms with van der Waals surface area (Å²) in [6.07, 6.45) is 3.89. The maximum atomic E-state index is 12.5. The molecule has 1 aromatic carbocycles. The summed E-state index contributed by atoms with van der Waals surface area (Å²) in [6, 6.07) is 7.76. The Morgan fingerprint density at radius 2 is 1.89 bits per heavy atom. The molecular weight excluding hydrogens is 378 g/mol. The predicted octanol–water partition coefficient (Wildman–Crippen LogP) is 1.12. The minimum Gasteiger partial charge on any atom is -0.480 e. The molecule has 4 N–H and O–H groups in total. The second-order valence-electron chi connectivity index (χ2n) is 7.08. The van der Waals surface area contributed by atoms with Crippen molar-refractivity contribution in [2.75, 3.05) is 25.1 Å². The number of benzene rings is 1. The van der Waals surface area contributed by atoms with Gasteiger partial charge in [-0.1, -0.05) is 30.3 Å². The summed E-state index contributed by atoms with van der Waals surface area (Å²) >= 11 is 1.66. The maximum absolute atomic E-state index is 12.5. The molecule has 28 heavy (non-hydrogen) atoms. The zero-order valence-corrected chi connectivity index (χ0v) is 17.0. The number of amides is 2. The first kappa shape index (κ1) is 22.2. The molecule has 0 saturated carbocycles. The van der Waals surface area contributed by atoms with Crippen molar-refractivity contribution in [3.05, 3.63) is 35.9 Å². The normalized spacial score (nSPS) is 17.0. The standard InChI is InChI=1S/C20H29N3O4S/c1-28-12-9-16(21)19(25)23-10-7-15(8-11-23)18(24)22-17(20(26)27)13-14-5-3-2-4-6-14/h2-6,15-17H,7-13,21H2,1H3,(H,22,24)(H,26,27). The van der Waals surface area contributed by atoms with Crippen molar-refractivity contribution in [3.8, 4) is 0 Å². The Hall–Kier alpha value is -2.06. The van der Waals surface area contributed by atoms with Crippen LogP contribution in [0.25, 0.3) is 0 Å². The van der Waals surface area contributed by atoms with Crippen LogP contribution >= 0.6 is 11.8 Å². The van der Waals surface area contributed by atoms with E-state index in [4.69, 9.17) is 5.73 Å². The Morgan fingerprint density at radius 3 is 2.46 bits per heavy atom. The molecule has 2 amide bonds. The minimum absolute atomic E-state index is 0.0691. The Bertz CT molecular complexity index is 663. The molecule has 7 nitrogen and oxygen atoms in total. The molecule has 0 aromatic heterocycles. The number of piperidine rings is 1. The van der Waals surface area contributed by atoms with Crippen LogP contribution in [0.2, 0.25) is 0 Å². The molecule has 1 heterocycles. The van der Waals surface area contributed by atoms with E-state index in [2.05, 4.69) is 5.32 Å². The Labute approximate surface area is 170 Å². The van der Waals surface area contributed by atoms with Gasteiger partial charge in [-0.05, 0) is 36.8 Å². The van der Waals surface area contributed by atoms with Crippen molar-refractivity contribution >= 4 is 29.5 Å². The molecule has 1 aromatic rings. The van der Waals surface area contributed by atoms with Crippen LogP contribution < -0.4 is 11.1 Å². The van der Waals surface area contributed by atoms with Crippen LogP contribution in [-0.4, -0.2) is 65.0 Å². The molecule has 154 valence electrons. The molecule has 2 rings (SSSR count). The highest BCUT2D eigenvalue weighted by atomic mass is 32.2. The minimum atomic E-state index is -1.05. The third-order valence-corrected chi connectivity index (χ3v) is 5.67. The average Bonchev–Trinajstić information content (AvgIpc) is 2.71. The van der Waals surface area contributed by atoms with E-state index in [0.717, 1.165) is 11.3 Å². The molecule has 0 radical (unpaired) electrons. The van der Waals surface area contributed by atoms with Crippen molar-refractivity contribution in [2.24, 2.45) is 11.7 Å². The Kier molecular flexibility index (Phi) is 8.79. The molecular formula is C20H29N3O4S. The van der Waals surface area contributed by atoms with Crippen LogP contribution in [0, 0.1) is 5.92 Å². The molecule has 8 heteroatoms. The summed E-state index contributed by atoms with van der Waals surface area (Å²) in [5, 5.41) is 12.1. The molecule has 1 fully saturated rings. The van der Waals surface area contributed by atoms with Gasteiger partial charge in [0.15, 0.2) is 0 Å². The molecule has 0 aliphatic carbocycles. The van der Waals surface area contributed by atoms with E-state index < -0.39 is 18.1 Å². The van der Waals surface area contributed by atoms with Gasteiger partial charge < -0.3 is 21.1 Å². The van der Waals surface area contributed by atoms with Gasteiger partial charge in [-0.2, -0.15) is 11.8 Å². The number of carbonyl (C=O) groups excluding carboxylic acids is 2. The SMILES string of the molecule is CSCCC(N)C(=O)N1CCC(C(=O)NC(Cc2ccccc2)C(=O)O)CC1. The smallest absolute Gasteiger partial charge is 0.326 e. The molecule has 0 spiro atoms. The van der Waals surface area contributed by atoms with E-state index >= 15 is 0 Å². The summed E-state index contributed by atoms with van der Waals surface area (Å²) in [5.41, 5.74) is 6.81. The monoisotopic (exact) mass is 407 g/mol. The van der Waals surface area contributed by atoms with Crippen molar-refractivity contribution in [1.29, 1.82) is 0 Å². The van der Waals surface area contributed by atoms with Gasteiger partial charge >= 0.3 is 5.97 Å². The fourth-order valence-corrected chi connectivity index (χ4v) is 3.79. The fraction of sp³-hybridized carbons (Fsp3) is 0.550. The van der Waals surface area contributed by atoms with Crippen LogP contribution in [-0.2, 0) is 20.8 Å². The number of rotatable bonds is 9. The second kappa shape index (κ2) is 11.1. The molecule has 1 aliphatic rings. The quantitative estimate of drug-likeness (QED) is 0.565. The second-order valence-corrected chi connectivity index (χ2v) is 8.06.